The quantitative estimate of drug-likeness (QED) is 0.747. The highest BCUT2D eigenvalue weighted by atomic mass is 35.5. The number of hydrogen-bond donors (Lipinski definition) is 2. The summed E-state index contributed by atoms with van der Waals surface area (Å²) in [6.45, 7) is 2.86. The van der Waals surface area contributed by atoms with E-state index in [0.717, 1.165) is 24.2 Å². The summed E-state index contributed by atoms with van der Waals surface area (Å²) in [5.41, 5.74) is 2.51. The van der Waals surface area contributed by atoms with Crippen molar-refractivity contribution in [1.82, 2.24) is 5.32 Å². The highest BCUT2D eigenvalue weighted by molar-refractivity contribution is 6.42. The lowest BCUT2D eigenvalue weighted by atomic mass is 10.1. The monoisotopic (exact) mass is 405 g/mol. The topological polar surface area (TPSA) is 61.4 Å². The van der Waals surface area contributed by atoms with Crippen molar-refractivity contribution in [3.8, 4) is 0 Å². The van der Waals surface area contributed by atoms with Gasteiger partial charge >= 0.3 is 0 Å². The highest BCUT2D eigenvalue weighted by Crippen LogP contribution is 2.25. The van der Waals surface area contributed by atoms with Crippen LogP contribution in [0, 0.1) is 0 Å². The fourth-order valence-corrected chi connectivity index (χ4v) is 3.30. The van der Waals surface area contributed by atoms with Crippen LogP contribution in [0.4, 0.5) is 11.4 Å². The van der Waals surface area contributed by atoms with Gasteiger partial charge in [0.15, 0.2) is 0 Å². The van der Waals surface area contributed by atoms with Crippen molar-refractivity contribution in [2.75, 3.05) is 23.3 Å². The summed E-state index contributed by atoms with van der Waals surface area (Å²) in [6, 6.07) is 12.7. The van der Waals surface area contributed by atoms with E-state index >= 15 is 0 Å². The number of halogens is 2. The van der Waals surface area contributed by atoms with Crippen LogP contribution in [0.2, 0.25) is 10.0 Å². The van der Waals surface area contributed by atoms with Gasteiger partial charge in [-0.05, 0) is 55.3 Å². The summed E-state index contributed by atoms with van der Waals surface area (Å²) in [4.78, 5) is 25.7. The lowest BCUT2D eigenvalue weighted by Crippen LogP contribution is -2.30. The van der Waals surface area contributed by atoms with Crippen LogP contribution < -0.4 is 15.5 Å². The lowest BCUT2D eigenvalue weighted by molar-refractivity contribution is -0.117. The molecule has 5 nitrogen and oxygen atoms in total. The first-order valence-electron chi connectivity index (χ1n) is 8.82. The largest absolute Gasteiger partial charge is 0.325 e. The molecule has 0 radical (unpaired) electrons. The molecule has 1 fully saturated rings. The molecule has 2 amide bonds. The van der Waals surface area contributed by atoms with Gasteiger partial charge in [0.1, 0.15) is 0 Å². The van der Waals surface area contributed by atoms with Gasteiger partial charge in [0, 0.05) is 30.4 Å². The first-order valence-corrected chi connectivity index (χ1v) is 9.58. The molecule has 0 aromatic heterocycles. The average molecular weight is 406 g/mol. The highest BCUT2D eigenvalue weighted by Gasteiger charge is 2.21. The third-order valence-corrected chi connectivity index (χ3v) is 5.29. The minimum Gasteiger partial charge on any atom is -0.325 e. The molecule has 1 atom stereocenters. The number of hydrogen-bond acceptors (Lipinski definition) is 3. The summed E-state index contributed by atoms with van der Waals surface area (Å²) in [6.07, 6.45) is 1.49. The van der Waals surface area contributed by atoms with Crippen molar-refractivity contribution in [2.45, 2.75) is 25.8 Å². The molecule has 1 unspecified atom stereocenters. The van der Waals surface area contributed by atoms with Gasteiger partial charge in [-0.3, -0.25) is 9.59 Å². The average Bonchev–Trinajstić information content (AvgIpc) is 3.08. The van der Waals surface area contributed by atoms with E-state index in [2.05, 4.69) is 10.6 Å². The Hall–Kier alpha value is -2.08. The molecule has 1 aliphatic rings. The van der Waals surface area contributed by atoms with Gasteiger partial charge < -0.3 is 15.5 Å². The number of nitrogens with one attached hydrogen (secondary N) is 2. The van der Waals surface area contributed by atoms with E-state index in [4.69, 9.17) is 23.2 Å². The Bertz CT molecular complexity index is 840. The summed E-state index contributed by atoms with van der Waals surface area (Å²) in [5, 5.41) is 7.00. The fourth-order valence-electron chi connectivity index (χ4n) is 3.00. The van der Waals surface area contributed by atoms with Crippen LogP contribution in [-0.4, -0.2) is 24.9 Å². The van der Waals surface area contributed by atoms with Gasteiger partial charge in [-0.25, -0.2) is 0 Å². The summed E-state index contributed by atoms with van der Waals surface area (Å²) in [5.74, 6) is -0.000754. The number of carbonyl (C=O) groups excluding carboxylic acids is 2. The predicted molar refractivity (Wildman–Crippen MR) is 110 cm³/mol. The van der Waals surface area contributed by atoms with Crippen molar-refractivity contribution in [1.29, 1.82) is 0 Å². The summed E-state index contributed by atoms with van der Waals surface area (Å²) in [7, 11) is 0. The maximum atomic E-state index is 12.2. The van der Waals surface area contributed by atoms with Crippen molar-refractivity contribution < 1.29 is 9.59 Å². The zero-order chi connectivity index (χ0) is 19.4. The molecule has 3 rings (SSSR count). The van der Waals surface area contributed by atoms with E-state index < -0.39 is 0 Å². The van der Waals surface area contributed by atoms with E-state index in [1.165, 1.54) is 0 Å². The number of anilines is 2. The van der Waals surface area contributed by atoms with Crippen LogP contribution in [0.1, 0.15) is 31.4 Å². The third-order valence-electron chi connectivity index (χ3n) is 4.55. The Labute approximate surface area is 168 Å². The van der Waals surface area contributed by atoms with E-state index in [1.54, 1.807) is 29.2 Å². The van der Waals surface area contributed by atoms with E-state index in [9.17, 15) is 9.59 Å². The van der Waals surface area contributed by atoms with Crippen molar-refractivity contribution in [3.63, 3.8) is 0 Å². The molecule has 2 N–H and O–H groups in total. The molecule has 27 heavy (non-hydrogen) atoms. The van der Waals surface area contributed by atoms with Gasteiger partial charge in [-0.2, -0.15) is 0 Å². The molecule has 7 heteroatoms. The van der Waals surface area contributed by atoms with Crippen LogP contribution >= 0.6 is 23.2 Å². The van der Waals surface area contributed by atoms with Gasteiger partial charge in [-0.15, -0.1) is 0 Å². The normalized spacial score (nSPS) is 15.1. The number of carbonyl (C=O) groups is 2. The van der Waals surface area contributed by atoms with Gasteiger partial charge in [0.2, 0.25) is 11.8 Å². The first kappa shape index (κ1) is 19.7. The molecule has 1 heterocycles. The first-order chi connectivity index (χ1) is 12.9. The lowest BCUT2D eigenvalue weighted by Gasteiger charge is -2.17. The number of rotatable bonds is 6. The van der Waals surface area contributed by atoms with E-state index in [1.807, 2.05) is 25.1 Å². The van der Waals surface area contributed by atoms with Crippen LogP contribution in [0.3, 0.4) is 0 Å². The Morgan fingerprint density at radius 2 is 1.89 bits per heavy atom. The Balaban J connectivity index is 1.51. The van der Waals surface area contributed by atoms with Gasteiger partial charge in [-0.1, -0.05) is 29.3 Å². The second-order valence-electron chi connectivity index (χ2n) is 6.52. The van der Waals surface area contributed by atoms with Crippen LogP contribution in [0.5, 0.6) is 0 Å². The molecular weight excluding hydrogens is 385 g/mol. The van der Waals surface area contributed by atoms with Crippen LogP contribution in [0.15, 0.2) is 42.5 Å². The van der Waals surface area contributed by atoms with E-state index in [-0.39, 0.29) is 24.4 Å². The molecule has 1 aliphatic heterocycles. The molecule has 0 spiro atoms. The summed E-state index contributed by atoms with van der Waals surface area (Å²) >= 11 is 12.0. The number of amides is 2. The Morgan fingerprint density at radius 1 is 1.15 bits per heavy atom. The van der Waals surface area contributed by atoms with Crippen molar-refractivity contribution in [3.05, 3.63) is 58.1 Å². The Kier molecular flexibility index (Phi) is 6.37. The van der Waals surface area contributed by atoms with Crippen molar-refractivity contribution >= 4 is 46.4 Å². The summed E-state index contributed by atoms with van der Waals surface area (Å²) < 4.78 is 0. The fraction of sp³-hybridized carbons (Fsp3) is 0.300. The number of benzene rings is 2. The predicted octanol–water partition coefficient (Wildman–Crippen LogP) is 4.41. The second-order valence-corrected chi connectivity index (χ2v) is 7.33. The Morgan fingerprint density at radius 3 is 2.52 bits per heavy atom. The van der Waals surface area contributed by atoms with Crippen LogP contribution in [0.25, 0.3) is 0 Å². The van der Waals surface area contributed by atoms with Gasteiger partial charge in [0.05, 0.1) is 16.6 Å². The van der Waals surface area contributed by atoms with Gasteiger partial charge in [0.25, 0.3) is 0 Å². The molecular formula is C20H21Cl2N3O2. The smallest absolute Gasteiger partial charge is 0.238 e. The second kappa shape index (κ2) is 8.74. The molecule has 2 aromatic rings. The molecule has 0 bridgehead atoms. The van der Waals surface area contributed by atoms with Crippen LogP contribution in [-0.2, 0) is 9.59 Å². The number of nitrogens with zero attached hydrogens (tertiary/aromatic N) is 1. The minimum atomic E-state index is -0.146. The maximum absolute atomic E-state index is 12.2. The molecule has 142 valence electrons. The van der Waals surface area contributed by atoms with E-state index in [0.29, 0.717) is 22.2 Å². The van der Waals surface area contributed by atoms with Crippen molar-refractivity contribution in [2.24, 2.45) is 0 Å². The molecule has 0 saturated carbocycles. The molecule has 2 aromatic carbocycles. The standard InChI is InChI=1S/C20H21Cl2N3O2/c1-13(14-4-9-17(21)18(22)11-14)23-12-19(26)24-15-5-7-16(8-6-15)25-10-2-3-20(25)27/h4-9,11,13,23H,2-3,10,12H2,1H3,(H,24,26). The maximum Gasteiger partial charge on any atom is 0.238 e. The molecule has 1 saturated heterocycles. The third kappa shape index (κ3) is 5.01. The SMILES string of the molecule is CC(NCC(=O)Nc1ccc(N2CCCC2=O)cc1)c1ccc(Cl)c(Cl)c1. The molecule has 0 aliphatic carbocycles. The zero-order valence-corrected chi connectivity index (χ0v) is 16.5. The minimum absolute atomic E-state index is 0.0472. The zero-order valence-electron chi connectivity index (χ0n) is 15.0.